The first kappa shape index (κ1) is 29.2. The van der Waals surface area contributed by atoms with E-state index in [1.54, 1.807) is 5.57 Å². The molecule has 8 atom stereocenters. The minimum Gasteiger partial charge on any atom is -0.393 e. The highest BCUT2D eigenvalue weighted by atomic mass is 16.3. The van der Waals surface area contributed by atoms with E-state index < -0.39 is 0 Å². The summed E-state index contributed by atoms with van der Waals surface area (Å²) in [4.78, 5) is 19.4. The lowest BCUT2D eigenvalue weighted by Crippen LogP contribution is -2.66. The highest BCUT2D eigenvalue weighted by Gasteiger charge is 2.69. The van der Waals surface area contributed by atoms with Crippen molar-refractivity contribution in [2.75, 3.05) is 32.7 Å². The van der Waals surface area contributed by atoms with E-state index in [0.29, 0.717) is 29.1 Å². The molecule has 0 aromatic heterocycles. The van der Waals surface area contributed by atoms with E-state index in [-0.39, 0.29) is 33.2 Å². The minimum atomic E-state index is -0.198. The summed E-state index contributed by atoms with van der Waals surface area (Å²) in [5.74, 6) is 2.12. The monoisotopic (exact) mass is 552 g/mol. The molecule has 0 aromatic carbocycles. The molecular weight excluding hydrogens is 492 g/mol. The van der Waals surface area contributed by atoms with Crippen LogP contribution in [0.25, 0.3) is 0 Å². The molecule has 0 unspecified atom stereocenters. The number of fused-ring (bicyclic) bond motifs is 7. The number of hydrogen-bond acceptors (Lipinski definition) is 3. The minimum absolute atomic E-state index is 0.0114. The molecule has 226 valence electrons. The number of aliphatic hydroxyl groups is 1. The van der Waals surface area contributed by atoms with Crippen LogP contribution >= 0.6 is 0 Å². The van der Waals surface area contributed by atoms with Gasteiger partial charge in [-0.1, -0.05) is 67.0 Å². The lowest BCUT2D eigenvalue weighted by molar-refractivity contribution is -0.204. The zero-order chi connectivity index (χ0) is 28.9. The summed E-state index contributed by atoms with van der Waals surface area (Å²) >= 11 is 0. The van der Waals surface area contributed by atoms with Crippen LogP contribution in [0.2, 0.25) is 0 Å². The predicted octanol–water partition coefficient (Wildman–Crippen LogP) is 7.31. The largest absolute Gasteiger partial charge is 0.393 e. The van der Waals surface area contributed by atoms with Crippen molar-refractivity contribution in [3.63, 3.8) is 0 Å². The molecule has 4 nitrogen and oxygen atoms in total. The van der Waals surface area contributed by atoms with Gasteiger partial charge in [0.25, 0.3) is 0 Å². The summed E-state index contributed by atoms with van der Waals surface area (Å²) in [6.45, 7) is 24.7. The van der Waals surface area contributed by atoms with Crippen LogP contribution in [-0.2, 0) is 4.79 Å². The van der Waals surface area contributed by atoms with Gasteiger partial charge < -0.3 is 14.9 Å². The maximum atomic E-state index is 14.7. The molecular formula is C36H60N2O2. The van der Waals surface area contributed by atoms with Crippen molar-refractivity contribution < 1.29 is 9.90 Å². The summed E-state index contributed by atoms with van der Waals surface area (Å²) in [5, 5.41) is 11.0. The van der Waals surface area contributed by atoms with E-state index in [1.807, 2.05) is 0 Å². The van der Waals surface area contributed by atoms with E-state index in [0.717, 1.165) is 77.7 Å². The van der Waals surface area contributed by atoms with Gasteiger partial charge in [0.1, 0.15) is 0 Å². The molecule has 1 N–H and O–H groups in total. The molecule has 1 aliphatic heterocycles. The molecule has 1 heterocycles. The third kappa shape index (κ3) is 3.85. The van der Waals surface area contributed by atoms with Gasteiger partial charge in [-0.25, -0.2) is 0 Å². The highest BCUT2D eigenvalue weighted by Crippen LogP contribution is 2.75. The molecule has 0 spiro atoms. The molecule has 6 aliphatic rings. The Labute approximate surface area is 245 Å². The normalized spacial score (nSPS) is 48.2. The molecule has 40 heavy (non-hydrogen) atoms. The van der Waals surface area contributed by atoms with E-state index in [2.05, 4.69) is 71.3 Å². The maximum absolute atomic E-state index is 14.7. The third-order valence-electron chi connectivity index (χ3n) is 15.1. The van der Waals surface area contributed by atoms with Crippen LogP contribution in [0.3, 0.4) is 0 Å². The molecule has 5 fully saturated rings. The van der Waals surface area contributed by atoms with Gasteiger partial charge in [0, 0.05) is 26.2 Å². The molecule has 5 aliphatic carbocycles. The predicted molar refractivity (Wildman–Crippen MR) is 164 cm³/mol. The van der Waals surface area contributed by atoms with Crippen LogP contribution in [0.5, 0.6) is 0 Å². The summed E-state index contributed by atoms with van der Waals surface area (Å²) in [6, 6.07) is 0. The van der Waals surface area contributed by atoms with E-state index in [9.17, 15) is 9.90 Å². The van der Waals surface area contributed by atoms with Crippen LogP contribution in [0, 0.1) is 50.2 Å². The average molecular weight is 553 g/mol. The maximum Gasteiger partial charge on any atom is 0.229 e. The zero-order valence-electron chi connectivity index (χ0n) is 27.2. The standard InChI is InChI=1S/C36H60N2O2/c1-9-37-20-22-38(23-21-37)30(40)36-18-16-31(2,3)24-26(36)25-10-11-28-33(6)14-13-29(39)32(4,5)27(33)12-15-35(28,8)34(25,7)17-19-36/h10,26-29,39H,9,11-24H2,1-8H3/t26-,27-,28+,29-,33-,34+,35+,36-/m0/s1. The van der Waals surface area contributed by atoms with Gasteiger partial charge in [0.05, 0.1) is 11.5 Å². The Morgan fingerprint density at radius 1 is 0.875 bits per heavy atom. The molecule has 4 heteroatoms. The van der Waals surface area contributed by atoms with Gasteiger partial charge in [-0.2, -0.15) is 0 Å². The summed E-state index contributed by atoms with van der Waals surface area (Å²) < 4.78 is 0. The number of nitrogens with zero attached hydrogens (tertiary/aromatic N) is 2. The van der Waals surface area contributed by atoms with E-state index in [4.69, 9.17) is 0 Å². The number of rotatable bonds is 2. The first-order valence-electron chi connectivity index (χ1n) is 17.0. The van der Waals surface area contributed by atoms with Gasteiger partial charge in [-0.3, -0.25) is 4.79 Å². The molecule has 6 rings (SSSR count). The van der Waals surface area contributed by atoms with Gasteiger partial charge in [0.2, 0.25) is 5.91 Å². The number of aliphatic hydroxyl groups excluding tert-OH is 1. The lowest BCUT2D eigenvalue weighted by Gasteiger charge is -2.71. The fourth-order valence-electron chi connectivity index (χ4n) is 12.2. The number of amides is 1. The van der Waals surface area contributed by atoms with Gasteiger partial charge in [-0.05, 0) is 116 Å². The number of carbonyl (C=O) groups is 1. The van der Waals surface area contributed by atoms with Crippen LogP contribution < -0.4 is 0 Å². The number of hydrogen-bond donors (Lipinski definition) is 1. The molecule has 4 saturated carbocycles. The summed E-state index contributed by atoms with van der Waals surface area (Å²) in [7, 11) is 0. The third-order valence-corrected chi connectivity index (χ3v) is 15.1. The molecule has 0 bridgehead atoms. The zero-order valence-corrected chi connectivity index (χ0v) is 27.2. The van der Waals surface area contributed by atoms with Gasteiger partial charge in [-0.15, -0.1) is 0 Å². The number of allylic oxidation sites excluding steroid dienone is 2. The van der Waals surface area contributed by atoms with Crippen molar-refractivity contribution in [1.82, 2.24) is 9.80 Å². The highest BCUT2D eigenvalue weighted by molar-refractivity contribution is 5.84. The number of piperazine rings is 1. The smallest absolute Gasteiger partial charge is 0.229 e. The van der Waals surface area contributed by atoms with Crippen LogP contribution in [0.15, 0.2) is 11.6 Å². The number of likely N-dealkylation sites (N-methyl/N-ethyl adjacent to an activating group) is 1. The Balaban J connectivity index is 1.38. The van der Waals surface area contributed by atoms with Crippen molar-refractivity contribution in [1.29, 1.82) is 0 Å². The van der Waals surface area contributed by atoms with Crippen LogP contribution in [0.4, 0.5) is 0 Å². The molecule has 0 radical (unpaired) electrons. The first-order valence-corrected chi connectivity index (χ1v) is 17.0. The quantitative estimate of drug-likeness (QED) is 0.365. The fourth-order valence-corrected chi connectivity index (χ4v) is 12.2. The second kappa shape index (κ2) is 9.31. The SMILES string of the molecule is CCN1CCN(C(=O)[C@]23CCC(C)(C)C[C@H]2C2=CC[C@@H]4[C@@]5(C)CC[C@H](O)C(C)(C)[C@@H]5CC[C@@]4(C)[C@]2(C)CC3)CC1. The fraction of sp³-hybridized carbons (Fsp3) is 0.917. The van der Waals surface area contributed by atoms with Crippen molar-refractivity contribution >= 4 is 5.91 Å². The Hall–Kier alpha value is -0.870. The van der Waals surface area contributed by atoms with Crippen molar-refractivity contribution in [2.45, 2.75) is 126 Å². The summed E-state index contributed by atoms with van der Waals surface area (Å²) in [6.07, 6.45) is 13.9. The Bertz CT molecular complexity index is 1060. The van der Waals surface area contributed by atoms with Gasteiger partial charge in [0.15, 0.2) is 0 Å². The van der Waals surface area contributed by atoms with Crippen LogP contribution in [0.1, 0.15) is 120 Å². The Morgan fingerprint density at radius 2 is 1.55 bits per heavy atom. The average Bonchev–Trinajstić information content (AvgIpc) is 2.91. The van der Waals surface area contributed by atoms with E-state index in [1.165, 1.54) is 19.3 Å². The first-order chi connectivity index (χ1) is 18.6. The van der Waals surface area contributed by atoms with Crippen LogP contribution in [-0.4, -0.2) is 59.6 Å². The van der Waals surface area contributed by atoms with E-state index >= 15 is 0 Å². The Kier molecular flexibility index (Phi) is 6.80. The molecule has 0 aromatic rings. The second-order valence-electron chi connectivity index (χ2n) is 17.5. The van der Waals surface area contributed by atoms with Crippen molar-refractivity contribution in [3.8, 4) is 0 Å². The number of carbonyl (C=O) groups excluding carboxylic acids is 1. The molecule has 1 amide bonds. The summed E-state index contributed by atoms with van der Waals surface area (Å²) in [5.41, 5.74) is 2.45. The lowest BCUT2D eigenvalue weighted by atomic mass is 9.33. The topological polar surface area (TPSA) is 43.8 Å². The second-order valence-corrected chi connectivity index (χ2v) is 17.5. The van der Waals surface area contributed by atoms with Crippen molar-refractivity contribution in [3.05, 3.63) is 11.6 Å². The van der Waals surface area contributed by atoms with Crippen molar-refractivity contribution in [2.24, 2.45) is 50.2 Å². The molecule has 1 saturated heterocycles. The Morgan fingerprint density at radius 3 is 2.23 bits per heavy atom. The van der Waals surface area contributed by atoms with Gasteiger partial charge >= 0.3 is 0 Å².